The van der Waals surface area contributed by atoms with Gasteiger partial charge in [0.1, 0.15) is 5.41 Å². The summed E-state index contributed by atoms with van der Waals surface area (Å²) in [6, 6.07) is 9.08. The van der Waals surface area contributed by atoms with Crippen LogP contribution in [0.15, 0.2) is 36.4 Å². The van der Waals surface area contributed by atoms with Crippen molar-refractivity contribution in [1.29, 1.82) is 0 Å². The van der Waals surface area contributed by atoms with Crippen LogP contribution in [0.2, 0.25) is 0 Å². The number of anilines is 1. The van der Waals surface area contributed by atoms with Gasteiger partial charge in [0.05, 0.1) is 5.69 Å². The van der Waals surface area contributed by atoms with E-state index in [2.05, 4.69) is 5.32 Å². The van der Waals surface area contributed by atoms with Crippen molar-refractivity contribution in [2.45, 2.75) is 43.9 Å². The van der Waals surface area contributed by atoms with E-state index in [1.54, 1.807) is 24.3 Å². The number of amides is 1. The highest BCUT2D eigenvalue weighted by molar-refractivity contribution is 6.58. The molecule has 0 saturated heterocycles. The van der Waals surface area contributed by atoms with Crippen molar-refractivity contribution in [1.82, 2.24) is 0 Å². The summed E-state index contributed by atoms with van der Waals surface area (Å²) in [4.78, 5) is 13.3. The van der Waals surface area contributed by atoms with Crippen LogP contribution in [-0.4, -0.2) is 23.1 Å². The van der Waals surface area contributed by atoms with Crippen molar-refractivity contribution in [2.24, 2.45) is 5.92 Å². The molecular weight excluding hydrogens is 363 g/mol. The first-order valence-corrected chi connectivity index (χ1v) is 9.72. The molecule has 28 heavy (non-hydrogen) atoms. The summed E-state index contributed by atoms with van der Waals surface area (Å²) in [6.45, 7) is 0. The Kier molecular flexibility index (Phi) is 4.97. The van der Waals surface area contributed by atoms with Gasteiger partial charge in [-0.3, -0.25) is 4.79 Å². The van der Waals surface area contributed by atoms with E-state index in [9.17, 15) is 23.6 Å². The van der Waals surface area contributed by atoms with Crippen LogP contribution in [0.3, 0.4) is 0 Å². The number of hydrogen-bond acceptors (Lipinski definition) is 3. The van der Waals surface area contributed by atoms with E-state index in [-0.39, 0.29) is 17.5 Å². The first kappa shape index (κ1) is 19.1. The lowest BCUT2D eigenvalue weighted by Crippen LogP contribution is -2.43. The van der Waals surface area contributed by atoms with Crippen molar-refractivity contribution in [3.63, 3.8) is 0 Å². The first-order chi connectivity index (χ1) is 13.5. The van der Waals surface area contributed by atoms with Gasteiger partial charge < -0.3 is 15.4 Å². The molecule has 1 saturated carbocycles. The Morgan fingerprint density at radius 3 is 2.21 bits per heavy atom. The van der Waals surface area contributed by atoms with Gasteiger partial charge in [-0.1, -0.05) is 56.0 Å². The molecule has 1 fully saturated rings. The third-order valence-electron chi connectivity index (χ3n) is 6.25. The number of benzene rings is 2. The summed E-state index contributed by atoms with van der Waals surface area (Å²) in [5.74, 6) is -2.43. The maximum Gasteiger partial charge on any atom is 0.488 e. The second-order valence-corrected chi connectivity index (χ2v) is 7.73. The van der Waals surface area contributed by atoms with Gasteiger partial charge in [-0.25, -0.2) is 8.78 Å². The zero-order valence-electron chi connectivity index (χ0n) is 15.4. The molecule has 1 heterocycles. The number of halogens is 2. The van der Waals surface area contributed by atoms with Gasteiger partial charge >= 0.3 is 7.12 Å². The minimum Gasteiger partial charge on any atom is -0.423 e. The highest BCUT2D eigenvalue weighted by Crippen LogP contribution is 2.52. The molecule has 2 aliphatic rings. The third kappa shape index (κ3) is 2.84. The molecule has 1 atom stereocenters. The molecular formula is C21H22BF2NO3. The van der Waals surface area contributed by atoms with Crippen LogP contribution in [0, 0.1) is 17.6 Å². The SMILES string of the molecule is O=C1Nc2c(ccc(F)c2F)[C@]1(c1ccc(B(O)O)cc1)C1CCCCCC1. The summed E-state index contributed by atoms with van der Waals surface area (Å²) in [7, 11) is -1.61. The molecule has 1 aliphatic heterocycles. The molecule has 0 unspecified atom stereocenters. The highest BCUT2D eigenvalue weighted by atomic mass is 19.2. The Hall–Kier alpha value is -2.25. The van der Waals surface area contributed by atoms with Crippen molar-refractivity contribution >= 4 is 24.2 Å². The van der Waals surface area contributed by atoms with Gasteiger partial charge in [0, 0.05) is 0 Å². The molecule has 0 aromatic heterocycles. The summed E-state index contributed by atoms with van der Waals surface area (Å²) >= 11 is 0. The molecule has 0 spiro atoms. The molecule has 0 bridgehead atoms. The number of fused-ring (bicyclic) bond motifs is 1. The number of rotatable bonds is 3. The second kappa shape index (κ2) is 7.30. The van der Waals surface area contributed by atoms with Gasteiger partial charge in [0.15, 0.2) is 11.6 Å². The lowest BCUT2D eigenvalue weighted by molar-refractivity contribution is -0.121. The largest absolute Gasteiger partial charge is 0.488 e. The molecule has 0 radical (unpaired) electrons. The number of nitrogens with one attached hydrogen (secondary N) is 1. The Bertz CT molecular complexity index is 895. The lowest BCUT2D eigenvalue weighted by atomic mass is 9.63. The van der Waals surface area contributed by atoms with E-state index in [0.29, 0.717) is 16.6 Å². The fourth-order valence-corrected chi connectivity index (χ4v) is 4.89. The topological polar surface area (TPSA) is 69.6 Å². The molecule has 4 rings (SSSR count). The van der Waals surface area contributed by atoms with Crippen LogP contribution < -0.4 is 10.8 Å². The van der Waals surface area contributed by atoms with E-state index >= 15 is 0 Å². The fourth-order valence-electron chi connectivity index (χ4n) is 4.89. The van der Waals surface area contributed by atoms with E-state index < -0.39 is 24.2 Å². The van der Waals surface area contributed by atoms with Gasteiger partial charge in [-0.15, -0.1) is 0 Å². The summed E-state index contributed by atoms with van der Waals surface area (Å²) in [5.41, 5.74) is 0.225. The van der Waals surface area contributed by atoms with Gasteiger partial charge in [-0.05, 0) is 41.4 Å². The monoisotopic (exact) mass is 385 g/mol. The molecule has 7 heteroatoms. The summed E-state index contributed by atoms with van der Waals surface area (Å²) < 4.78 is 28.3. The van der Waals surface area contributed by atoms with Gasteiger partial charge in [-0.2, -0.15) is 0 Å². The van der Waals surface area contributed by atoms with E-state index in [1.165, 1.54) is 6.07 Å². The number of hydrogen-bond donors (Lipinski definition) is 3. The molecule has 2 aromatic rings. The Morgan fingerprint density at radius 1 is 0.964 bits per heavy atom. The van der Waals surface area contributed by atoms with Crippen molar-refractivity contribution in [3.8, 4) is 0 Å². The molecule has 2 aromatic carbocycles. The maximum absolute atomic E-state index is 14.5. The molecule has 4 nitrogen and oxygen atoms in total. The van der Waals surface area contributed by atoms with Crippen LogP contribution in [-0.2, 0) is 10.2 Å². The summed E-state index contributed by atoms with van der Waals surface area (Å²) in [6.07, 6.45) is 5.77. The minimum absolute atomic E-state index is 0.0500. The van der Waals surface area contributed by atoms with E-state index in [4.69, 9.17) is 0 Å². The second-order valence-electron chi connectivity index (χ2n) is 7.73. The van der Waals surface area contributed by atoms with Crippen molar-refractivity contribution in [2.75, 3.05) is 5.32 Å². The fraction of sp³-hybridized carbons (Fsp3) is 0.381. The van der Waals surface area contributed by atoms with Gasteiger partial charge in [0.2, 0.25) is 5.91 Å². The Morgan fingerprint density at radius 2 is 1.61 bits per heavy atom. The molecule has 146 valence electrons. The lowest BCUT2D eigenvalue weighted by Gasteiger charge is -2.36. The average Bonchev–Trinajstić information content (AvgIpc) is 2.84. The van der Waals surface area contributed by atoms with Crippen LogP contribution in [0.5, 0.6) is 0 Å². The molecule has 1 amide bonds. The highest BCUT2D eigenvalue weighted by Gasteiger charge is 2.54. The van der Waals surface area contributed by atoms with Crippen LogP contribution in [0.25, 0.3) is 0 Å². The van der Waals surface area contributed by atoms with Crippen molar-refractivity contribution in [3.05, 3.63) is 59.2 Å². The van der Waals surface area contributed by atoms with Crippen LogP contribution in [0.1, 0.15) is 49.7 Å². The zero-order valence-corrected chi connectivity index (χ0v) is 15.4. The average molecular weight is 385 g/mol. The molecule has 1 aliphatic carbocycles. The Labute approximate surface area is 162 Å². The zero-order chi connectivity index (χ0) is 19.9. The van der Waals surface area contributed by atoms with E-state index in [1.807, 2.05) is 0 Å². The Balaban J connectivity index is 1.93. The predicted octanol–water partition coefficient (Wildman–Crippen LogP) is 2.85. The standard InChI is InChI=1S/C21H22BF2NO3/c23-17-12-11-16-19(18(17)24)25-20(26)21(16,13-5-3-1-2-4-6-13)14-7-9-15(10-8-14)22(27)28/h7-13,27-28H,1-6H2,(H,25,26)/t21-/m1/s1. The van der Waals surface area contributed by atoms with Gasteiger partial charge in [0.25, 0.3) is 0 Å². The predicted molar refractivity (Wildman–Crippen MR) is 103 cm³/mol. The summed E-state index contributed by atoms with van der Waals surface area (Å²) in [5, 5.41) is 21.4. The number of carbonyl (C=O) groups excluding carboxylic acids is 1. The van der Waals surface area contributed by atoms with E-state index in [0.717, 1.165) is 44.6 Å². The quantitative estimate of drug-likeness (QED) is 0.562. The molecule has 3 N–H and O–H groups in total. The van der Waals surface area contributed by atoms with Crippen molar-refractivity contribution < 1.29 is 23.6 Å². The maximum atomic E-state index is 14.5. The first-order valence-electron chi connectivity index (χ1n) is 9.72. The minimum atomic E-state index is -1.61. The van der Waals surface area contributed by atoms with Crippen LogP contribution in [0.4, 0.5) is 14.5 Å². The normalized spacial score (nSPS) is 22.5. The smallest absolute Gasteiger partial charge is 0.423 e. The van der Waals surface area contributed by atoms with Crippen LogP contribution >= 0.6 is 0 Å². The third-order valence-corrected chi connectivity index (χ3v) is 6.25. The number of carbonyl (C=O) groups is 1.